The number of nitrogens with one attached hydrogen (secondary N) is 2. The minimum absolute atomic E-state index is 0.115. The van der Waals surface area contributed by atoms with Crippen molar-refractivity contribution in [2.75, 3.05) is 13.1 Å². The van der Waals surface area contributed by atoms with Gasteiger partial charge in [-0.2, -0.15) is 5.10 Å². The van der Waals surface area contributed by atoms with E-state index < -0.39 is 5.54 Å². The molecule has 8 heteroatoms. The van der Waals surface area contributed by atoms with Crippen molar-refractivity contribution in [1.29, 1.82) is 0 Å². The summed E-state index contributed by atoms with van der Waals surface area (Å²) >= 11 is 0. The van der Waals surface area contributed by atoms with Gasteiger partial charge < -0.3 is 10.6 Å². The Morgan fingerprint density at radius 1 is 1.17 bits per heavy atom. The van der Waals surface area contributed by atoms with Gasteiger partial charge in [0, 0.05) is 30.5 Å². The van der Waals surface area contributed by atoms with Gasteiger partial charge in [-0.05, 0) is 56.5 Å². The molecule has 2 fully saturated rings. The van der Waals surface area contributed by atoms with Crippen LogP contribution in [0.3, 0.4) is 0 Å². The highest BCUT2D eigenvalue weighted by atomic mass is 16.2. The van der Waals surface area contributed by atoms with Crippen LogP contribution in [0.15, 0.2) is 36.5 Å². The van der Waals surface area contributed by atoms with E-state index in [0.29, 0.717) is 25.1 Å². The first kappa shape index (κ1) is 19.2. The van der Waals surface area contributed by atoms with Gasteiger partial charge in [0.15, 0.2) is 0 Å². The summed E-state index contributed by atoms with van der Waals surface area (Å²) in [5.74, 6) is -0.297. The highest BCUT2D eigenvalue weighted by Gasteiger charge is 2.51. The smallest absolute Gasteiger partial charge is 0.325 e. The van der Waals surface area contributed by atoms with Crippen molar-refractivity contribution in [1.82, 2.24) is 25.3 Å². The Morgan fingerprint density at radius 2 is 1.90 bits per heavy atom. The Labute approximate surface area is 169 Å². The van der Waals surface area contributed by atoms with Gasteiger partial charge in [0.05, 0.1) is 5.69 Å². The van der Waals surface area contributed by atoms with Crippen LogP contribution in [0.4, 0.5) is 4.79 Å². The average Bonchev–Trinajstić information content (AvgIpc) is 3.41. The van der Waals surface area contributed by atoms with Gasteiger partial charge in [0.25, 0.3) is 11.8 Å². The second-order valence-corrected chi connectivity index (χ2v) is 7.72. The summed E-state index contributed by atoms with van der Waals surface area (Å²) in [6.45, 7) is 2.67. The van der Waals surface area contributed by atoms with Crippen molar-refractivity contribution in [2.45, 2.75) is 44.6 Å². The number of nitrogens with zero attached hydrogens (tertiary/aromatic N) is 3. The Bertz CT molecular complexity index is 928. The Kier molecular flexibility index (Phi) is 5.08. The summed E-state index contributed by atoms with van der Waals surface area (Å²) in [7, 11) is 0. The molecule has 0 radical (unpaired) electrons. The van der Waals surface area contributed by atoms with Crippen molar-refractivity contribution in [3.8, 4) is 5.69 Å². The van der Waals surface area contributed by atoms with Gasteiger partial charge in [0.2, 0.25) is 0 Å². The van der Waals surface area contributed by atoms with Gasteiger partial charge in [0.1, 0.15) is 5.54 Å². The maximum absolute atomic E-state index is 12.6. The quantitative estimate of drug-likeness (QED) is 0.579. The summed E-state index contributed by atoms with van der Waals surface area (Å²) < 4.78 is 1.80. The molecule has 2 heterocycles. The number of carbonyl (C=O) groups is 3. The molecule has 1 aromatic carbocycles. The molecule has 4 rings (SSSR count). The second kappa shape index (κ2) is 7.69. The second-order valence-electron chi connectivity index (χ2n) is 7.72. The third-order valence-corrected chi connectivity index (χ3v) is 5.75. The lowest BCUT2D eigenvalue weighted by Crippen LogP contribution is -2.44. The maximum atomic E-state index is 12.6. The highest BCUT2D eigenvalue weighted by molar-refractivity contribution is 6.07. The fraction of sp³-hybridized carbons (Fsp3) is 0.429. The Morgan fingerprint density at radius 3 is 2.55 bits per heavy atom. The number of rotatable bonds is 6. The van der Waals surface area contributed by atoms with Crippen LogP contribution in [0, 0.1) is 6.92 Å². The predicted molar refractivity (Wildman–Crippen MR) is 107 cm³/mol. The van der Waals surface area contributed by atoms with Crippen LogP contribution in [0.1, 0.15) is 48.2 Å². The monoisotopic (exact) mass is 395 g/mol. The molecule has 2 aromatic rings. The number of hydrogen-bond donors (Lipinski definition) is 2. The van der Waals surface area contributed by atoms with E-state index in [9.17, 15) is 14.4 Å². The number of amides is 4. The number of urea groups is 1. The van der Waals surface area contributed by atoms with Gasteiger partial charge in [-0.1, -0.05) is 12.8 Å². The Hall–Kier alpha value is -3.16. The number of aryl methyl sites for hydroxylation is 1. The SMILES string of the molecule is Cc1ccnn1-c1ccc(C(=O)NCCCN2C(=O)NC3(CCCC3)C2=O)cc1. The molecular formula is C21H25N5O3. The van der Waals surface area contributed by atoms with Crippen molar-refractivity contribution >= 4 is 17.8 Å². The topological polar surface area (TPSA) is 96.3 Å². The molecule has 152 valence electrons. The zero-order valence-corrected chi connectivity index (χ0v) is 16.5. The van der Waals surface area contributed by atoms with Crippen LogP contribution in [-0.2, 0) is 4.79 Å². The van der Waals surface area contributed by atoms with E-state index in [-0.39, 0.29) is 17.8 Å². The highest BCUT2D eigenvalue weighted by Crippen LogP contribution is 2.34. The molecule has 1 aromatic heterocycles. The minimum atomic E-state index is -0.672. The van der Waals surface area contributed by atoms with E-state index in [1.54, 1.807) is 23.0 Å². The molecule has 1 spiro atoms. The maximum Gasteiger partial charge on any atom is 0.325 e. The molecule has 1 saturated heterocycles. The lowest BCUT2D eigenvalue weighted by atomic mass is 9.98. The first-order chi connectivity index (χ1) is 14.0. The van der Waals surface area contributed by atoms with Crippen LogP contribution in [0.5, 0.6) is 0 Å². The lowest BCUT2D eigenvalue weighted by molar-refractivity contribution is -0.131. The zero-order chi connectivity index (χ0) is 20.4. The molecule has 1 aliphatic carbocycles. The molecular weight excluding hydrogens is 370 g/mol. The van der Waals surface area contributed by atoms with Gasteiger partial charge in [-0.25, -0.2) is 9.48 Å². The minimum Gasteiger partial charge on any atom is -0.352 e. The third kappa shape index (κ3) is 3.62. The van der Waals surface area contributed by atoms with Crippen LogP contribution in [0.25, 0.3) is 5.69 Å². The predicted octanol–water partition coefficient (Wildman–Crippen LogP) is 2.17. The summed E-state index contributed by atoms with van der Waals surface area (Å²) in [6.07, 6.45) is 5.63. The third-order valence-electron chi connectivity index (χ3n) is 5.75. The van der Waals surface area contributed by atoms with Crippen LogP contribution in [0.2, 0.25) is 0 Å². The lowest BCUT2D eigenvalue weighted by Gasteiger charge is -2.20. The van der Waals surface area contributed by atoms with Crippen molar-refractivity contribution < 1.29 is 14.4 Å². The van der Waals surface area contributed by atoms with Gasteiger partial charge in [-0.15, -0.1) is 0 Å². The van der Waals surface area contributed by atoms with Crippen LogP contribution >= 0.6 is 0 Å². The molecule has 0 bridgehead atoms. The Balaban J connectivity index is 1.27. The summed E-state index contributed by atoms with van der Waals surface area (Å²) in [4.78, 5) is 38.4. The standard InChI is InChI=1S/C21H25N5O3/c1-15-9-13-23-26(15)17-7-5-16(6-8-17)18(27)22-12-4-14-25-19(28)21(24-20(25)29)10-2-3-11-21/h5-9,13H,2-4,10-12,14H2,1H3,(H,22,27)(H,24,29). The fourth-order valence-corrected chi connectivity index (χ4v) is 4.13. The summed E-state index contributed by atoms with van der Waals surface area (Å²) in [5.41, 5.74) is 1.79. The number of benzene rings is 1. The first-order valence-electron chi connectivity index (χ1n) is 10.0. The molecule has 29 heavy (non-hydrogen) atoms. The normalized spacial score (nSPS) is 17.8. The average molecular weight is 395 g/mol. The summed E-state index contributed by atoms with van der Waals surface area (Å²) in [5, 5.41) is 9.97. The molecule has 1 saturated carbocycles. The summed E-state index contributed by atoms with van der Waals surface area (Å²) in [6, 6.07) is 8.82. The molecule has 8 nitrogen and oxygen atoms in total. The fourth-order valence-electron chi connectivity index (χ4n) is 4.13. The van der Waals surface area contributed by atoms with Crippen molar-refractivity contribution in [3.63, 3.8) is 0 Å². The number of carbonyl (C=O) groups excluding carboxylic acids is 3. The zero-order valence-electron chi connectivity index (χ0n) is 16.5. The molecule has 2 aliphatic rings. The van der Waals surface area contributed by atoms with E-state index in [1.807, 2.05) is 25.1 Å². The molecule has 0 atom stereocenters. The van der Waals surface area contributed by atoms with E-state index in [4.69, 9.17) is 0 Å². The van der Waals surface area contributed by atoms with Crippen molar-refractivity contribution in [2.24, 2.45) is 0 Å². The van der Waals surface area contributed by atoms with E-state index in [1.165, 1.54) is 4.90 Å². The van der Waals surface area contributed by atoms with E-state index >= 15 is 0 Å². The van der Waals surface area contributed by atoms with Crippen LogP contribution in [-0.4, -0.2) is 51.2 Å². The van der Waals surface area contributed by atoms with Crippen molar-refractivity contribution in [3.05, 3.63) is 47.8 Å². The molecule has 4 amide bonds. The molecule has 0 unspecified atom stereocenters. The largest absolute Gasteiger partial charge is 0.352 e. The first-order valence-corrected chi connectivity index (χ1v) is 10.0. The number of imide groups is 1. The number of hydrogen-bond acceptors (Lipinski definition) is 4. The van der Waals surface area contributed by atoms with Crippen LogP contribution < -0.4 is 10.6 Å². The number of aromatic nitrogens is 2. The van der Waals surface area contributed by atoms with Gasteiger partial charge in [-0.3, -0.25) is 14.5 Å². The molecule has 2 N–H and O–H groups in total. The van der Waals surface area contributed by atoms with E-state index in [0.717, 1.165) is 37.1 Å². The van der Waals surface area contributed by atoms with Gasteiger partial charge >= 0.3 is 6.03 Å². The molecule has 1 aliphatic heterocycles. The van der Waals surface area contributed by atoms with E-state index in [2.05, 4.69) is 15.7 Å².